The first-order valence-corrected chi connectivity index (χ1v) is 8.15. The van der Waals surface area contributed by atoms with E-state index in [9.17, 15) is 10.1 Å². The predicted molar refractivity (Wildman–Crippen MR) is 83.4 cm³/mol. The Morgan fingerprint density at radius 1 is 1.35 bits per heavy atom. The lowest BCUT2D eigenvalue weighted by Crippen LogP contribution is -2.17. The van der Waals surface area contributed by atoms with Crippen LogP contribution in [0.1, 0.15) is 48.9 Å². The van der Waals surface area contributed by atoms with Gasteiger partial charge in [0, 0.05) is 22.2 Å². The van der Waals surface area contributed by atoms with Crippen molar-refractivity contribution in [3.8, 4) is 0 Å². The maximum atomic E-state index is 11.2. The van der Waals surface area contributed by atoms with Gasteiger partial charge in [0.2, 0.25) is 0 Å². The lowest BCUT2D eigenvalue weighted by Gasteiger charge is -2.20. The van der Waals surface area contributed by atoms with Gasteiger partial charge in [-0.25, -0.2) is 0 Å². The lowest BCUT2D eigenvalue weighted by molar-refractivity contribution is -0.386. The molecule has 2 rings (SSSR count). The number of pyridine rings is 1. The molecule has 0 saturated heterocycles. The summed E-state index contributed by atoms with van der Waals surface area (Å²) in [6.45, 7) is 3.58. The predicted octanol–water partition coefficient (Wildman–Crippen LogP) is 4.49. The van der Waals surface area contributed by atoms with Gasteiger partial charge in [-0.1, -0.05) is 35.2 Å². The summed E-state index contributed by atoms with van der Waals surface area (Å²) < 4.78 is 0. The van der Waals surface area contributed by atoms with E-state index in [1.54, 1.807) is 13.1 Å². The number of hydrogen-bond donors (Lipinski definition) is 0. The Kier molecular flexibility index (Phi) is 5.13. The first-order chi connectivity index (χ1) is 9.50. The number of nitrogens with zero attached hydrogens (tertiary/aromatic N) is 2. The molecule has 2 unspecified atom stereocenters. The summed E-state index contributed by atoms with van der Waals surface area (Å²) in [4.78, 5) is 15.9. The fraction of sp³-hybridized carbons (Fsp3) is 0.667. The van der Waals surface area contributed by atoms with E-state index in [1.807, 2.05) is 6.92 Å². The minimum atomic E-state index is -0.283. The summed E-state index contributed by atoms with van der Waals surface area (Å²) in [5.41, 5.74) is 2.50. The van der Waals surface area contributed by atoms with Gasteiger partial charge in [-0.15, -0.1) is 0 Å². The third-order valence-electron chi connectivity index (χ3n) is 4.28. The van der Waals surface area contributed by atoms with Crippen molar-refractivity contribution in [1.82, 2.24) is 4.98 Å². The van der Waals surface area contributed by atoms with E-state index in [4.69, 9.17) is 0 Å². The highest BCUT2D eigenvalue weighted by Crippen LogP contribution is 2.33. The molecule has 1 heterocycles. The number of nitro groups is 1. The fourth-order valence-electron chi connectivity index (χ4n) is 3.07. The van der Waals surface area contributed by atoms with Crippen LogP contribution in [0.2, 0.25) is 0 Å². The van der Waals surface area contributed by atoms with Gasteiger partial charge in [0.1, 0.15) is 0 Å². The number of aromatic nitrogens is 1. The van der Waals surface area contributed by atoms with E-state index in [0.29, 0.717) is 16.3 Å². The molecule has 5 heteroatoms. The molecule has 1 saturated carbocycles. The van der Waals surface area contributed by atoms with Gasteiger partial charge in [-0.05, 0) is 39.0 Å². The maximum absolute atomic E-state index is 11.2. The molecule has 20 heavy (non-hydrogen) atoms. The van der Waals surface area contributed by atoms with Crippen LogP contribution in [0, 0.1) is 29.9 Å². The summed E-state index contributed by atoms with van der Waals surface area (Å²) in [6.07, 6.45) is 8.66. The summed E-state index contributed by atoms with van der Waals surface area (Å²) in [5.74, 6) is 0.533. The van der Waals surface area contributed by atoms with Gasteiger partial charge in [-0.3, -0.25) is 15.1 Å². The Hall–Kier alpha value is -0.970. The molecular formula is C15H21BrN2O2. The smallest absolute Gasteiger partial charge is 0.260 e. The largest absolute Gasteiger partial charge is 0.278 e. The number of aryl methyl sites for hydroxylation is 1. The van der Waals surface area contributed by atoms with Gasteiger partial charge in [0.15, 0.2) is 0 Å². The third-order valence-corrected chi connectivity index (χ3v) is 5.49. The van der Waals surface area contributed by atoms with Crippen molar-refractivity contribution in [2.45, 2.75) is 57.2 Å². The van der Waals surface area contributed by atoms with Gasteiger partial charge in [0.25, 0.3) is 5.69 Å². The van der Waals surface area contributed by atoms with E-state index >= 15 is 0 Å². The van der Waals surface area contributed by atoms with Crippen molar-refractivity contribution < 1.29 is 4.92 Å². The zero-order chi connectivity index (χ0) is 14.7. The summed E-state index contributed by atoms with van der Waals surface area (Å²) in [6, 6.07) is 0. The van der Waals surface area contributed by atoms with E-state index in [0.717, 1.165) is 17.7 Å². The second kappa shape index (κ2) is 6.66. The lowest BCUT2D eigenvalue weighted by atomic mass is 9.92. The zero-order valence-electron chi connectivity index (χ0n) is 12.1. The van der Waals surface area contributed by atoms with Crippen LogP contribution in [0.5, 0.6) is 0 Å². The molecule has 1 aliphatic rings. The Morgan fingerprint density at radius 3 is 2.75 bits per heavy atom. The molecule has 0 aromatic carbocycles. The van der Waals surface area contributed by atoms with E-state index < -0.39 is 0 Å². The number of hydrogen-bond acceptors (Lipinski definition) is 3. The van der Waals surface area contributed by atoms with Crippen molar-refractivity contribution >= 4 is 21.6 Å². The highest BCUT2D eigenvalue weighted by atomic mass is 79.9. The molecular weight excluding hydrogens is 320 g/mol. The maximum Gasteiger partial charge on any atom is 0.278 e. The molecule has 2 atom stereocenters. The molecule has 0 aliphatic heterocycles. The first kappa shape index (κ1) is 15.4. The van der Waals surface area contributed by atoms with Crippen LogP contribution in [0.15, 0.2) is 6.20 Å². The molecule has 110 valence electrons. The average molecular weight is 341 g/mol. The molecule has 1 aromatic heterocycles. The van der Waals surface area contributed by atoms with Crippen LogP contribution >= 0.6 is 15.9 Å². The fourth-order valence-corrected chi connectivity index (χ4v) is 3.84. The van der Waals surface area contributed by atoms with Crippen molar-refractivity contribution in [3.05, 3.63) is 33.1 Å². The quantitative estimate of drug-likeness (QED) is 0.352. The molecule has 4 nitrogen and oxygen atoms in total. The van der Waals surface area contributed by atoms with Crippen LogP contribution in [0.25, 0.3) is 0 Å². The van der Waals surface area contributed by atoms with E-state index in [-0.39, 0.29) is 10.6 Å². The Morgan fingerprint density at radius 2 is 2.05 bits per heavy atom. The van der Waals surface area contributed by atoms with Crippen LogP contribution in [0.4, 0.5) is 5.69 Å². The Bertz CT molecular complexity index is 505. The molecule has 1 aromatic rings. The van der Waals surface area contributed by atoms with Crippen LogP contribution < -0.4 is 0 Å². The van der Waals surface area contributed by atoms with Crippen LogP contribution in [-0.2, 0) is 6.42 Å². The minimum Gasteiger partial charge on any atom is -0.260 e. The van der Waals surface area contributed by atoms with Crippen molar-refractivity contribution in [1.29, 1.82) is 0 Å². The highest BCUT2D eigenvalue weighted by Gasteiger charge is 2.25. The normalized spacial score (nSPS) is 23.4. The third kappa shape index (κ3) is 3.37. The van der Waals surface area contributed by atoms with E-state index in [2.05, 4.69) is 20.9 Å². The number of halogens is 1. The average Bonchev–Trinajstić information content (AvgIpc) is 2.58. The van der Waals surface area contributed by atoms with Crippen molar-refractivity contribution in [2.75, 3.05) is 0 Å². The SMILES string of the molecule is Cc1cnc(CC2CCCCCC2Br)c(C)c1[N+](=O)[O-]. The van der Waals surface area contributed by atoms with Crippen molar-refractivity contribution in [2.24, 2.45) is 5.92 Å². The van der Waals surface area contributed by atoms with Crippen molar-refractivity contribution in [3.63, 3.8) is 0 Å². The topological polar surface area (TPSA) is 56.0 Å². The number of alkyl halides is 1. The monoisotopic (exact) mass is 340 g/mol. The molecule has 1 aliphatic carbocycles. The van der Waals surface area contributed by atoms with Gasteiger partial charge in [-0.2, -0.15) is 0 Å². The second-order valence-corrected chi connectivity index (χ2v) is 6.91. The molecule has 0 N–H and O–H groups in total. The van der Waals surface area contributed by atoms with Gasteiger partial charge in [0.05, 0.1) is 10.6 Å². The number of rotatable bonds is 3. The highest BCUT2D eigenvalue weighted by molar-refractivity contribution is 9.09. The van der Waals surface area contributed by atoms with Gasteiger partial charge >= 0.3 is 0 Å². The molecule has 0 amide bonds. The first-order valence-electron chi connectivity index (χ1n) is 7.24. The molecule has 1 fully saturated rings. The molecule has 0 bridgehead atoms. The summed E-state index contributed by atoms with van der Waals surface area (Å²) >= 11 is 3.79. The van der Waals surface area contributed by atoms with Gasteiger partial charge < -0.3 is 0 Å². The van der Waals surface area contributed by atoms with Crippen LogP contribution in [0.3, 0.4) is 0 Å². The minimum absolute atomic E-state index is 0.231. The summed E-state index contributed by atoms with van der Waals surface area (Å²) in [5, 5.41) is 11.2. The standard InChI is InChI=1S/C15H21BrN2O2/c1-10-9-17-14(11(2)15(10)18(19)20)8-12-6-4-3-5-7-13(12)16/h9,12-13H,3-8H2,1-2H3. The zero-order valence-corrected chi connectivity index (χ0v) is 13.6. The Balaban J connectivity index is 2.25. The Labute approximate surface area is 128 Å². The van der Waals surface area contributed by atoms with E-state index in [1.165, 1.54) is 32.1 Å². The second-order valence-electron chi connectivity index (χ2n) is 5.74. The molecule has 0 radical (unpaired) electrons. The summed E-state index contributed by atoms with van der Waals surface area (Å²) in [7, 11) is 0. The van der Waals surface area contributed by atoms with Crippen LogP contribution in [-0.4, -0.2) is 14.7 Å². The molecule has 0 spiro atoms.